The topological polar surface area (TPSA) is 42.4 Å². The molecule has 0 aliphatic heterocycles. The highest BCUT2D eigenvalue weighted by Gasteiger charge is 2.23. The van der Waals surface area contributed by atoms with Crippen molar-refractivity contribution in [1.29, 1.82) is 0 Å². The minimum absolute atomic E-state index is 0.0182. The molecule has 2 aromatic carbocycles. The number of ether oxygens (including phenoxy) is 1. The third-order valence-corrected chi connectivity index (χ3v) is 5.23. The molecule has 0 radical (unpaired) electrons. The van der Waals surface area contributed by atoms with Gasteiger partial charge >= 0.3 is 0 Å². The maximum absolute atomic E-state index is 13.0. The first-order chi connectivity index (χ1) is 13.0. The van der Waals surface area contributed by atoms with Gasteiger partial charge in [-0.2, -0.15) is 0 Å². The van der Waals surface area contributed by atoms with Crippen molar-refractivity contribution < 1.29 is 9.53 Å². The maximum atomic E-state index is 13.0. The van der Waals surface area contributed by atoms with Gasteiger partial charge in [0.1, 0.15) is 0 Å². The van der Waals surface area contributed by atoms with E-state index in [1.54, 1.807) is 12.0 Å². The zero-order valence-electron chi connectivity index (χ0n) is 16.2. The van der Waals surface area contributed by atoms with Crippen molar-refractivity contribution in [3.63, 3.8) is 0 Å². The Morgan fingerprint density at radius 1 is 1.07 bits per heavy atom. The van der Waals surface area contributed by atoms with E-state index < -0.39 is 0 Å². The predicted molar refractivity (Wildman–Crippen MR) is 112 cm³/mol. The minimum atomic E-state index is -0.0182. The van der Waals surface area contributed by atoms with Gasteiger partial charge in [-0.15, -0.1) is 11.3 Å². The van der Waals surface area contributed by atoms with Crippen LogP contribution in [0.3, 0.4) is 0 Å². The monoisotopic (exact) mass is 380 g/mol. The zero-order valence-corrected chi connectivity index (χ0v) is 17.0. The van der Waals surface area contributed by atoms with Gasteiger partial charge in [-0.25, -0.2) is 4.98 Å². The van der Waals surface area contributed by atoms with E-state index in [4.69, 9.17) is 9.72 Å². The number of hydrogen-bond acceptors (Lipinski definition) is 4. The van der Waals surface area contributed by atoms with E-state index in [1.807, 2.05) is 31.4 Å². The van der Waals surface area contributed by atoms with Gasteiger partial charge in [0.05, 0.1) is 24.4 Å². The molecule has 0 atom stereocenters. The van der Waals surface area contributed by atoms with Crippen molar-refractivity contribution >= 4 is 28.1 Å². The molecule has 0 N–H and O–H groups in total. The molecule has 0 aliphatic carbocycles. The highest BCUT2D eigenvalue weighted by molar-refractivity contribution is 7.14. The van der Waals surface area contributed by atoms with E-state index in [1.165, 1.54) is 16.9 Å². The van der Waals surface area contributed by atoms with E-state index in [-0.39, 0.29) is 5.91 Å². The van der Waals surface area contributed by atoms with Gasteiger partial charge in [0, 0.05) is 18.1 Å². The minimum Gasteiger partial charge on any atom is -0.384 e. The Bertz CT molecular complexity index is 932. The molecule has 4 nitrogen and oxygen atoms in total. The van der Waals surface area contributed by atoms with Crippen LogP contribution in [0, 0.1) is 20.8 Å². The summed E-state index contributed by atoms with van der Waals surface area (Å²) in [5.74, 6) is -0.0182. The van der Waals surface area contributed by atoms with Crippen molar-refractivity contribution in [3.8, 4) is 11.3 Å². The Labute approximate surface area is 164 Å². The lowest BCUT2D eigenvalue weighted by Crippen LogP contribution is -2.27. The summed E-state index contributed by atoms with van der Waals surface area (Å²) in [5.41, 5.74) is 6.16. The molecular formula is C22H24N2O2S. The summed E-state index contributed by atoms with van der Waals surface area (Å²) < 4.78 is 5.11. The first-order valence-electron chi connectivity index (χ1n) is 8.91. The number of carbonyl (C=O) groups excluding carboxylic acids is 1. The number of rotatable bonds is 6. The number of thiazole rings is 1. The molecule has 0 spiro atoms. The summed E-state index contributed by atoms with van der Waals surface area (Å²) in [6.07, 6.45) is 0.309. The van der Waals surface area contributed by atoms with Gasteiger partial charge in [0.15, 0.2) is 5.13 Å². The molecule has 1 heterocycles. The maximum Gasteiger partial charge on any atom is 0.235 e. The molecular weight excluding hydrogens is 356 g/mol. The normalized spacial score (nSPS) is 10.8. The summed E-state index contributed by atoms with van der Waals surface area (Å²) >= 11 is 1.48. The van der Waals surface area contributed by atoms with Crippen molar-refractivity contribution in [1.82, 2.24) is 4.98 Å². The first-order valence-corrected chi connectivity index (χ1v) is 9.79. The van der Waals surface area contributed by atoms with Crippen molar-refractivity contribution in [2.75, 3.05) is 18.6 Å². The Hall–Kier alpha value is -2.50. The van der Waals surface area contributed by atoms with Crippen molar-refractivity contribution in [2.45, 2.75) is 27.2 Å². The second kappa shape index (κ2) is 8.46. The number of nitrogens with zero attached hydrogens (tertiary/aromatic N) is 2. The quantitative estimate of drug-likeness (QED) is 0.572. The molecule has 5 heteroatoms. The second-order valence-corrected chi connectivity index (χ2v) is 7.48. The number of aromatic nitrogens is 1. The summed E-state index contributed by atoms with van der Waals surface area (Å²) in [7, 11) is 1.61. The van der Waals surface area contributed by atoms with Gasteiger partial charge in [-0.1, -0.05) is 42.0 Å². The third kappa shape index (κ3) is 4.43. The predicted octanol–water partition coefficient (Wildman–Crippen LogP) is 5.44. The molecule has 1 aromatic heterocycles. The fourth-order valence-electron chi connectivity index (χ4n) is 2.83. The molecule has 0 fully saturated rings. The molecule has 0 unspecified atom stereocenters. The Kier molecular flexibility index (Phi) is 6.04. The smallest absolute Gasteiger partial charge is 0.235 e. The van der Waals surface area contributed by atoms with Crippen molar-refractivity contribution in [2.24, 2.45) is 0 Å². The number of benzene rings is 2. The van der Waals surface area contributed by atoms with Crippen LogP contribution in [0.15, 0.2) is 47.8 Å². The summed E-state index contributed by atoms with van der Waals surface area (Å²) in [5, 5.41) is 2.68. The summed E-state index contributed by atoms with van der Waals surface area (Å²) in [4.78, 5) is 19.5. The largest absolute Gasteiger partial charge is 0.384 e. The number of anilines is 2. The van der Waals surface area contributed by atoms with Crippen LogP contribution in [0.4, 0.5) is 10.8 Å². The summed E-state index contributed by atoms with van der Waals surface area (Å²) in [6.45, 7) is 6.49. The first kappa shape index (κ1) is 19.3. The fraction of sp³-hybridized carbons (Fsp3) is 0.273. The standard InChI is InChI=1S/C22H24N2O2S/c1-15-6-9-18(10-7-15)19-14-27-22(23-19)24(21(25)11-12-26-4)20-13-16(2)5-8-17(20)3/h5-10,13-14H,11-12H2,1-4H3. The van der Waals surface area contributed by atoms with E-state index in [2.05, 4.69) is 37.3 Å². The lowest BCUT2D eigenvalue weighted by atomic mass is 10.1. The van der Waals surface area contributed by atoms with Gasteiger partial charge in [0.25, 0.3) is 0 Å². The summed E-state index contributed by atoms with van der Waals surface area (Å²) in [6, 6.07) is 14.4. The van der Waals surface area contributed by atoms with Crippen LogP contribution in [-0.4, -0.2) is 24.6 Å². The van der Waals surface area contributed by atoms with Gasteiger partial charge in [-0.3, -0.25) is 9.69 Å². The number of amides is 1. The molecule has 140 valence electrons. The third-order valence-electron chi connectivity index (χ3n) is 4.41. The lowest BCUT2D eigenvalue weighted by Gasteiger charge is -2.22. The molecule has 27 heavy (non-hydrogen) atoms. The molecule has 0 aliphatic rings. The van der Waals surface area contributed by atoms with Crippen LogP contribution < -0.4 is 4.90 Å². The van der Waals surface area contributed by atoms with Crippen LogP contribution in [0.2, 0.25) is 0 Å². The number of hydrogen-bond donors (Lipinski definition) is 0. The molecule has 3 rings (SSSR count). The SMILES string of the molecule is COCCC(=O)N(c1nc(-c2ccc(C)cc2)cs1)c1cc(C)ccc1C. The average Bonchev–Trinajstić information content (AvgIpc) is 3.13. The Balaban J connectivity index is 2.01. The lowest BCUT2D eigenvalue weighted by molar-refractivity contribution is -0.118. The van der Waals surface area contributed by atoms with E-state index in [9.17, 15) is 4.79 Å². The second-order valence-electron chi connectivity index (χ2n) is 6.64. The Morgan fingerprint density at radius 2 is 1.78 bits per heavy atom. The average molecular weight is 381 g/mol. The number of aryl methyl sites for hydroxylation is 3. The molecule has 0 bridgehead atoms. The Morgan fingerprint density at radius 3 is 2.48 bits per heavy atom. The highest BCUT2D eigenvalue weighted by atomic mass is 32.1. The number of methoxy groups -OCH3 is 1. The van der Waals surface area contributed by atoms with Crippen LogP contribution in [0.5, 0.6) is 0 Å². The van der Waals surface area contributed by atoms with Gasteiger partial charge in [0.2, 0.25) is 5.91 Å². The van der Waals surface area contributed by atoms with E-state index >= 15 is 0 Å². The van der Waals surface area contributed by atoms with Gasteiger partial charge < -0.3 is 4.74 Å². The van der Waals surface area contributed by atoms with Gasteiger partial charge in [-0.05, 0) is 38.0 Å². The molecule has 1 amide bonds. The molecule has 0 saturated carbocycles. The zero-order chi connectivity index (χ0) is 19.4. The highest BCUT2D eigenvalue weighted by Crippen LogP contribution is 2.35. The fourth-order valence-corrected chi connectivity index (χ4v) is 3.69. The van der Waals surface area contributed by atoms with E-state index in [0.29, 0.717) is 18.2 Å². The van der Waals surface area contributed by atoms with Crippen LogP contribution in [0.1, 0.15) is 23.1 Å². The number of carbonyl (C=O) groups is 1. The van der Waals surface area contributed by atoms with Crippen LogP contribution in [0.25, 0.3) is 11.3 Å². The van der Waals surface area contributed by atoms with Crippen LogP contribution >= 0.6 is 11.3 Å². The van der Waals surface area contributed by atoms with Crippen LogP contribution in [-0.2, 0) is 9.53 Å². The van der Waals surface area contributed by atoms with E-state index in [0.717, 1.165) is 28.1 Å². The molecule has 0 saturated heterocycles. The van der Waals surface area contributed by atoms with Crippen molar-refractivity contribution in [3.05, 3.63) is 64.5 Å². The molecule has 3 aromatic rings.